The van der Waals surface area contributed by atoms with Crippen molar-refractivity contribution < 1.29 is 116 Å². The fourth-order valence-corrected chi connectivity index (χ4v) is 8.68. The molecule has 326 valence electrons. The maximum Gasteiger partial charge on any atom is 1.00 e. The average molecular weight is 939 g/mol. The first kappa shape index (κ1) is 49.7. The van der Waals surface area contributed by atoms with E-state index in [1.807, 2.05) is 0 Å². The second-order valence-corrected chi connectivity index (χ2v) is 17.6. The molecule has 0 atom stereocenters. The number of carbonyl (C=O) groups is 3. The van der Waals surface area contributed by atoms with Crippen LogP contribution in [0.1, 0.15) is 52.8 Å². The summed E-state index contributed by atoms with van der Waals surface area (Å²) in [5, 5.41) is 17.8. The minimum atomic E-state index is -5.52. The molecule has 0 radical (unpaired) electrons. The molecular formula is C36H31F4N4NaO14S3. The van der Waals surface area contributed by atoms with Gasteiger partial charge in [-0.1, -0.05) is 6.42 Å². The van der Waals surface area contributed by atoms with Crippen LogP contribution in [0.3, 0.4) is 0 Å². The van der Waals surface area contributed by atoms with Crippen molar-refractivity contribution >= 4 is 64.8 Å². The number of carbonyl (C=O) groups excluding carboxylic acids is 2. The van der Waals surface area contributed by atoms with Gasteiger partial charge < -0.3 is 34.4 Å². The minimum Gasteiger partial charge on any atom is -0.748 e. The number of hydrogen-bond donors (Lipinski definition) is 5. The molecule has 3 aromatic carbocycles. The van der Waals surface area contributed by atoms with Gasteiger partial charge in [-0.2, -0.15) is 8.78 Å². The summed E-state index contributed by atoms with van der Waals surface area (Å²) in [5.74, 6) is -14.2. The SMILES string of the molecule is Nc1ccc2c(-c3cc(C(=O)NCCCCCC(=O)Oc4c(F)c(F)cc(F)c4F)ccc3C(=O)O)c3ccc(=[NH2+])c(S(=O)(=O)[O-])c-3oc2c1S(=O)(=O)NCCCS(=O)(=O)[O-].[Na+]. The van der Waals surface area contributed by atoms with E-state index in [-0.39, 0.29) is 89.1 Å². The molecule has 0 unspecified atom stereocenters. The van der Waals surface area contributed by atoms with Gasteiger partial charge in [0, 0.05) is 59.5 Å². The zero-order valence-corrected chi connectivity index (χ0v) is 36.4. The molecule has 1 aliphatic carbocycles. The molecule has 0 spiro atoms. The van der Waals surface area contributed by atoms with E-state index in [4.69, 9.17) is 15.6 Å². The van der Waals surface area contributed by atoms with Crippen molar-refractivity contribution in [2.24, 2.45) is 0 Å². The summed E-state index contributed by atoms with van der Waals surface area (Å²) < 4.78 is 165. The van der Waals surface area contributed by atoms with Gasteiger partial charge in [0.1, 0.15) is 15.0 Å². The summed E-state index contributed by atoms with van der Waals surface area (Å²) in [7, 11) is -15.1. The van der Waals surface area contributed by atoms with Crippen LogP contribution in [0.2, 0.25) is 0 Å². The molecule has 18 nitrogen and oxygen atoms in total. The van der Waals surface area contributed by atoms with Crippen LogP contribution in [0.15, 0.2) is 62.7 Å². The van der Waals surface area contributed by atoms with Crippen LogP contribution in [-0.4, -0.2) is 76.2 Å². The summed E-state index contributed by atoms with van der Waals surface area (Å²) in [6.45, 7) is -0.669. The molecule has 1 heterocycles. The Balaban J connectivity index is 0.00000845. The van der Waals surface area contributed by atoms with Gasteiger partial charge in [-0.3, -0.25) is 15.0 Å². The summed E-state index contributed by atoms with van der Waals surface area (Å²) >= 11 is 0. The van der Waals surface area contributed by atoms with Crippen molar-refractivity contribution in [3.63, 3.8) is 0 Å². The van der Waals surface area contributed by atoms with Gasteiger partial charge in [0.2, 0.25) is 32.8 Å². The number of esters is 1. The van der Waals surface area contributed by atoms with E-state index in [9.17, 15) is 71.4 Å². The van der Waals surface area contributed by atoms with Crippen LogP contribution in [0.5, 0.6) is 5.75 Å². The third kappa shape index (κ3) is 11.1. The Morgan fingerprint density at radius 3 is 2.10 bits per heavy atom. The molecule has 1 amide bonds. The monoisotopic (exact) mass is 938 g/mol. The predicted octanol–water partition coefficient (Wildman–Crippen LogP) is -1.28. The van der Waals surface area contributed by atoms with Gasteiger partial charge in [-0.15, -0.1) is 0 Å². The second kappa shape index (κ2) is 19.6. The number of benzene rings is 4. The van der Waals surface area contributed by atoms with E-state index >= 15 is 0 Å². The standard InChI is InChI=1S/C36H32F4N4O14S3.Na/c37-22-16-23(38)29(40)32(28(22)39)57-26(45)5-2-1-3-12-43-35(46)17-6-7-18(36(47)48)21(15-17)27-19-8-10-24(41)33(60(52,53)44-13-4-14-59(49,50)51)30(19)58-31-20(27)9-11-25(42)34(31)61(54,55)56;/h6-11,15-16,42,44H,1-5,12-14,41H2,(H,43,46)(H,47,48)(H,49,50,51)(H,54,55,56);/q;+1/p-1. The summed E-state index contributed by atoms with van der Waals surface area (Å²) in [6, 6.07) is 7.55. The number of sulfonamides is 1. The normalized spacial score (nSPS) is 12.0. The number of nitrogen functional groups attached to an aromatic ring is 1. The van der Waals surface area contributed by atoms with Crippen LogP contribution in [0.25, 0.3) is 33.4 Å². The Morgan fingerprint density at radius 1 is 0.823 bits per heavy atom. The van der Waals surface area contributed by atoms with E-state index in [0.717, 1.165) is 36.4 Å². The third-order valence-corrected chi connectivity index (χ3v) is 12.1. The van der Waals surface area contributed by atoms with Crippen LogP contribution >= 0.6 is 0 Å². The molecular weight excluding hydrogens is 908 g/mol. The smallest absolute Gasteiger partial charge is 0.748 e. The number of fused-ring (bicyclic) bond motifs is 2. The quantitative estimate of drug-likeness (QED) is 0.00835. The maximum atomic E-state index is 13.8. The number of hydrogen-bond acceptors (Lipinski definition) is 14. The molecule has 0 fully saturated rings. The average Bonchev–Trinajstić information content (AvgIpc) is 3.16. The zero-order chi connectivity index (χ0) is 45.2. The van der Waals surface area contributed by atoms with E-state index in [1.54, 1.807) is 0 Å². The van der Waals surface area contributed by atoms with Crippen LogP contribution in [0, 0.1) is 23.3 Å². The number of carboxylic acid groups (broad SMARTS) is 1. The Morgan fingerprint density at radius 2 is 1.48 bits per heavy atom. The van der Waals surface area contributed by atoms with E-state index in [2.05, 4.69) is 14.8 Å². The first-order valence-electron chi connectivity index (χ1n) is 17.4. The Labute approximate surface area is 371 Å². The van der Waals surface area contributed by atoms with Gasteiger partial charge in [-0.05, 0) is 61.2 Å². The number of rotatable bonds is 17. The van der Waals surface area contributed by atoms with Crippen LogP contribution in [-0.2, 0) is 35.1 Å². The van der Waals surface area contributed by atoms with Crippen molar-refractivity contribution in [1.29, 1.82) is 0 Å². The number of nitrogens with two attached hydrogens (primary N) is 2. The topological polar surface area (TPSA) is 318 Å². The molecule has 62 heavy (non-hydrogen) atoms. The van der Waals surface area contributed by atoms with E-state index in [0.29, 0.717) is 0 Å². The molecule has 0 saturated carbocycles. The summed E-state index contributed by atoms with van der Waals surface area (Å²) in [5.41, 5.74) is 3.23. The Bertz CT molecular complexity index is 2960. The second-order valence-electron chi connectivity index (χ2n) is 13.1. The number of unbranched alkanes of at least 4 members (excludes halogenated alkanes) is 2. The number of halogens is 4. The van der Waals surface area contributed by atoms with Gasteiger partial charge in [0.15, 0.2) is 27.9 Å². The number of aromatic carboxylic acids is 1. The number of anilines is 1. The molecule has 3 aromatic rings. The van der Waals surface area contributed by atoms with Gasteiger partial charge >= 0.3 is 41.5 Å². The number of nitrogens with one attached hydrogen (secondary N) is 2. The molecule has 2 aliphatic rings. The first-order valence-corrected chi connectivity index (χ1v) is 21.9. The van der Waals surface area contributed by atoms with Gasteiger partial charge in [0.05, 0.1) is 21.4 Å². The predicted molar refractivity (Wildman–Crippen MR) is 200 cm³/mol. The van der Waals surface area contributed by atoms with Crippen LogP contribution < -0.4 is 60.8 Å². The maximum absolute atomic E-state index is 13.8. The summed E-state index contributed by atoms with van der Waals surface area (Å²) in [6.07, 6.45) is -0.472. The van der Waals surface area contributed by atoms with Crippen molar-refractivity contribution in [1.82, 2.24) is 10.0 Å². The number of carboxylic acids is 1. The van der Waals surface area contributed by atoms with Crippen molar-refractivity contribution in [2.45, 2.75) is 41.9 Å². The van der Waals surface area contributed by atoms with Crippen molar-refractivity contribution in [3.05, 3.63) is 88.3 Å². The molecule has 1 aliphatic heterocycles. The Kier molecular flexibility index (Phi) is 15.7. The third-order valence-electron chi connectivity index (χ3n) is 8.82. The van der Waals surface area contributed by atoms with E-state index < -0.39 is 140 Å². The van der Waals surface area contributed by atoms with Crippen molar-refractivity contribution in [2.75, 3.05) is 24.6 Å². The van der Waals surface area contributed by atoms with Crippen LogP contribution in [0.4, 0.5) is 23.2 Å². The zero-order valence-electron chi connectivity index (χ0n) is 31.9. The first-order chi connectivity index (χ1) is 28.4. The van der Waals surface area contributed by atoms with Gasteiger partial charge in [0.25, 0.3) is 5.91 Å². The number of amides is 1. The fourth-order valence-electron chi connectivity index (χ4n) is 6.11. The number of ether oxygens (including phenoxy) is 1. The minimum absolute atomic E-state index is 0. The Hall–Kier alpha value is -4.99. The molecule has 7 N–H and O–H groups in total. The van der Waals surface area contributed by atoms with E-state index in [1.165, 1.54) is 6.07 Å². The van der Waals surface area contributed by atoms with Gasteiger partial charge in [-0.25, -0.2) is 43.6 Å². The molecule has 26 heteroatoms. The molecule has 0 bridgehead atoms. The molecule has 5 rings (SSSR count). The summed E-state index contributed by atoms with van der Waals surface area (Å²) in [4.78, 5) is 36.0. The fraction of sp³-hybridized carbons (Fsp3) is 0.222. The van der Waals surface area contributed by atoms with Crippen molar-refractivity contribution in [3.8, 4) is 28.2 Å². The largest absolute Gasteiger partial charge is 1.00 e. The molecule has 0 saturated heterocycles. The molecule has 0 aromatic heterocycles.